The van der Waals surface area contributed by atoms with Crippen LogP contribution >= 0.6 is 23.2 Å². The molecule has 0 amide bonds. The highest BCUT2D eigenvalue weighted by Gasteiger charge is 2.39. The van der Waals surface area contributed by atoms with E-state index in [4.69, 9.17) is 27.9 Å². The average molecular weight is 403 g/mol. The van der Waals surface area contributed by atoms with Crippen LogP contribution < -0.4 is 10.3 Å². The number of ether oxygens (including phenoxy) is 1. The van der Waals surface area contributed by atoms with E-state index in [-0.39, 0.29) is 27.2 Å². The Morgan fingerprint density at radius 2 is 1.85 bits per heavy atom. The largest absolute Gasteiger partial charge is 0.449 e. The highest BCUT2D eigenvalue weighted by atomic mass is 35.5. The second-order valence-corrected chi connectivity index (χ2v) is 5.71. The Balaban J connectivity index is 2.12. The topological polar surface area (TPSA) is 80.8 Å². The Morgan fingerprint density at radius 3 is 2.46 bits per heavy atom. The van der Waals surface area contributed by atoms with Crippen LogP contribution in [0.3, 0.4) is 0 Å². The molecule has 134 valence electrons. The first-order valence-corrected chi connectivity index (χ1v) is 7.63. The van der Waals surface area contributed by atoms with E-state index < -0.39 is 23.2 Å². The molecule has 0 saturated carbocycles. The maximum atomic E-state index is 13.4. The zero-order valence-corrected chi connectivity index (χ0v) is 14.0. The second kappa shape index (κ2) is 6.93. The molecule has 0 saturated heterocycles. The van der Waals surface area contributed by atoms with Crippen molar-refractivity contribution in [1.29, 1.82) is 0 Å². The normalized spacial score (nSPS) is 11.4. The molecule has 11 heteroatoms. The molecule has 1 N–H and O–H groups in total. The smallest absolute Gasteiger partial charge is 0.437 e. The van der Waals surface area contributed by atoms with Gasteiger partial charge in [-0.25, -0.2) is 4.98 Å². The zero-order chi connectivity index (χ0) is 18.9. The van der Waals surface area contributed by atoms with Crippen LogP contribution in [0, 0.1) is 0 Å². The maximum absolute atomic E-state index is 13.4. The number of aromatic nitrogens is 4. The van der Waals surface area contributed by atoms with E-state index in [2.05, 4.69) is 20.2 Å². The molecular formula is C15H7Cl2F3N4O2. The Bertz CT molecular complexity index is 1010. The van der Waals surface area contributed by atoms with E-state index in [1.54, 1.807) is 0 Å². The molecule has 0 atom stereocenters. The van der Waals surface area contributed by atoms with Crippen molar-refractivity contribution in [2.24, 2.45) is 0 Å². The quantitative estimate of drug-likeness (QED) is 0.704. The standard InChI is InChI=1S/C15H7Cl2F3N4O2/c16-9-2-1-8(5-10(9)17)26-11-12(15(18,19)20)23-13(24-14(11)25)7-3-4-21-22-6-7/h1-6H,(H,23,24,25). The summed E-state index contributed by atoms with van der Waals surface area (Å²) in [6.07, 6.45) is -2.52. The molecule has 3 rings (SSSR count). The molecular weight excluding hydrogens is 396 g/mol. The summed E-state index contributed by atoms with van der Waals surface area (Å²) in [6.45, 7) is 0. The van der Waals surface area contributed by atoms with E-state index in [0.29, 0.717) is 0 Å². The van der Waals surface area contributed by atoms with Crippen molar-refractivity contribution in [3.8, 4) is 22.9 Å². The number of benzene rings is 1. The van der Waals surface area contributed by atoms with Crippen LogP contribution in [0.15, 0.2) is 41.5 Å². The molecule has 0 fully saturated rings. The van der Waals surface area contributed by atoms with E-state index in [0.717, 1.165) is 6.20 Å². The van der Waals surface area contributed by atoms with Crippen molar-refractivity contribution in [2.45, 2.75) is 6.18 Å². The minimum atomic E-state index is -4.94. The van der Waals surface area contributed by atoms with Gasteiger partial charge >= 0.3 is 6.18 Å². The SMILES string of the molecule is O=c1[nH]c(-c2ccnnc2)nc(C(F)(F)F)c1Oc1ccc(Cl)c(Cl)c1. The van der Waals surface area contributed by atoms with Gasteiger partial charge in [0.25, 0.3) is 5.56 Å². The molecule has 0 unspecified atom stereocenters. The van der Waals surface area contributed by atoms with E-state index in [1.165, 1.54) is 30.5 Å². The van der Waals surface area contributed by atoms with Crippen molar-refractivity contribution in [2.75, 3.05) is 0 Å². The van der Waals surface area contributed by atoms with E-state index >= 15 is 0 Å². The van der Waals surface area contributed by atoms with Crippen molar-refractivity contribution in [1.82, 2.24) is 20.2 Å². The Morgan fingerprint density at radius 1 is 1.08 bits per heavy atom. The monoisotopic (exact) mass is 402 g/mol. The highest BCUT2D eigenvalue weighted by molar-refractivity contribution is 6.42. The summed E-state index contributed by atoms with van der Waals surface area (Å²) < 4.78 is 45.3. The molecule has 0 aliphatic carbocycles. The summed E-state index contributed by atoms with van der Waals surface area (Å²) in [6, 6.07) is 5.13. The molecule has 0 bridgehead atoms. The van der Waals surface area contributed by atoms with Crippen LogP contribution in [0.4, 0.5) is 13.2 Å². The molecule has 1 aromatic carbocycles. The number of rotatable bonds is 3. The minimum Gasteiger partial charge on any atom is -0.449 e. The third-order valence-corrected chi connectivity index (χ3v) is 3.85. The number of alkyl halides is 3. The minimum absolute atomic E-state index is 0.0570. The number of nitrogens with zero attached hydrogens (tertiary/aromatic N) is 3. The molecule has 0 aliphatic rings. The van der Waals surface area contributed by atoms with Gasteiger partial charge in [0.2, 0.25) is 5.75 Å². The summed E-state index contributed by atoms with van der Waals surface area (Å²) in [5.41, 5.74) is -2.45. The second-order valence-electron chi connectivity index (χ2n) is 4.90. The summed E-state index contributed by atoms with van der Waals surface area (Å²) in [5, 5.41) is 7.29. The van der Waals surface area contributed by atoms with Gasteiger partial charge in [-0.3, -0.25) is 4.79 Å². The Hall–Kier alpha value is -2.65. The van der Waals surface area contributed by atoms with Crippen LogP contribution in [-0.4, -0.2) is 20.2 Å². The van der Waals surface area contributed by atoms with Crippen molar-refractivity contribution >= 4 is 23.2 Å². The first-order chi connectivity index (χ1) is 12.3. The number of halogens is 5. The maximum Gasteiger partial charge on any atom is 0.437 e. The molecule has 2 heterocycles. The van der Waals surface area contributed by atoms with Crippen LogP contribution in [0.5, 0.6) is 11.5 Å². The fourth-order valence-electron chi connectivity index (χ4n) is 1.97. The van der Waals surface area contributed by atoms with Gasteiger partial charge in [0, 0.05) is 11.6 Å². The van der Waals surface area contributed by atoms with Gasteiger partial charge < -0.3 is 9.72 Å². The van der Waals surface area contributed by atoms with Gasteiger partial charge in [0.05, 0.1) is 22.4 Å². The molecule has 0 spiro atoms. The molecule has 6 nitrogen and oxygen atoms in total. The van der Waals surface area contributed by atoms with Crippen LogP contribution in [0.1, 0.15) is 5.69 Å². The number of hydrogen-bond donors (Lipinski definition) is 1. The van der Waals surface area contributed by atoms with Crippen LogP contribution in [0.25, 0.3) is 11.4 Å². The van der Waals surface area contributed by atoms with Gasteiger partial charge in [0.15, 0.2) is 5.69 Å². The first-order valence-electron chi connectivity index (χ1n) is 6.87. The fourth-order valence-corrected chi connectivity index (χ4v) is 2.26. The summed E-state index contributed by atoms with van der Waals surface area (Å²) in [4.78, 5) is 17.9. The van der Waals surface area contributed by atoms with Crippen LogP contribution in [-0.2, 0) is 6.18 Å². The molecule has 0 aliphatic heterocycles. The van der Waals surface area contributed by atoms with Crippen molar-refractivity contribution < 1.29 is 17.9 Å². The van der Waals surface area contributed by atoms with Gasteiger partial charge in [0.1, 0.15) is 11.6 Å². The third kappa shape index (κ3) is 3.78. The Kier molecular flexibility index (Phi) is 4.84. The zero-order valence-electron chi connectivity index (χ0n) is 12.5. The lowest BCUT2D eigenvalue weighted by Gasteiger charge is -2.13. The van der Waals surface area contributed by atoms with E-state index in [9.17, 15) is 18.0 Å². The Labute approximate surface area is 153 Å². The summed E-state index contributed by atoms with van der Waals surface area (Å²) in [7, 11) is 0. The summed E-state index contributed by atoms with van der Waals surface area (Å²) in [5.74, 6) is -1.43. The lowest BCUT2D eigenvalue weighted by Crippen LogP contribution is -2.20. The first kappa shape index (κ1) is 18.2. The predicted octanol–water partition coefficient (Wildman–Crippen LogP) is 4.34. The number of H-pyrrole nitrogens is 1. The molecule has 0 radical (unpaired) electrons. The van der Waals surface area contributed by atoms with Crippen molar-refractivity contribution in [3.05, 3.63) is 62.8 Å². The third-order valence-electron chi connectivity index (χ3n) is 3.11. The molecule has 26 heavy (non-hydrogen) atoms. The average Bonchev–Trinajstić information content (AvgIpc) is 2.59. The molecule has 2 aromatic heterocycles. The van der Waals surface area contributed by atoms with Gasteiger partial charge in [-0.15, -0.1) is 0 Å². The number of hydrogen-bond acceptors (Lipinski definition) is 5. The number of aromatic amines is 1. The van der Waals surface area contributed by atoms with Gasteiger partial charge in [-0.05, 0) is 18.2 Å². The van der Waals surface area contributed by atoms with Gasteiger partial charge in [-0.2, -0.15) is 23.4 Å². The molecule has 3 aromatic rings. The lowest BCUT2D eigenvalue weighted by atomic mass is 10.2. The van der Waals surface area contributed by atoms with E-state index in [1.807, 2.05) is 0 Å². The highest BCUT2D eigenvalue weighted by Crippen LogP contribution is 2.36. The van der Waals surface area contributed by atoms with Gasteiger partial charge in [-0.1, -0.05) is 23.2 Å². The fraction of sp³-hybridized carbons (Fsp3) is 0.0667. The van der Waals surface area contributed by atoms with Crippen LogP contribution in [0.2, 0.25) is 10.0 Å². The predicted molar refractivity (Wildman–Crippen MR) is 87.4 cm³/mol. The lowest BCUT2D eigenvalue weighted by molar-refractivity contribution is -0.142. The number of nitrogens with one attached hydrogen (secondary N) is 1. The summed E-state index contributed by atoms with van der Waals surface area (Å²) >= 11 is 11.6. The van der Waals surface area contributed by atoms with Crippen molar-refractivity contribution in [3.63, 3.8) is 0 Å².